The van der Waals surface area contributed by atoms with Crippen LogP contribution in [0.1, 0.15) is 60.8 Å². The number of thiophene rings is 1. The largest absolute Gasteiger partial charge is 0.399 e. The van der Waals surface area contributed by atoms with Crippen molar-refractivity contribution in [3.8, 4) is 6.07 Å². The van der Waals surface area contributed by atoms with E-state index in [2.05, 4.69) is 11.4 Å². The van der Waals surface area contributed by atoms with Crippen LogP contribution >= 0.6 is 18.9 Å². The predicted molar refractivity (Wildman–Crippen MR) is 178 cm³/mol. The van der Waals surface area contributed by atoms with Gasteiger partial charge in [0.05, 0.1) is 16.4 Å². The van der Waals surface area contributed by atoms with E-state index in [-0.39, 0.29) is 34.7 Å². The van der Waals surface area contributed by atoms with Gasteiger partial charge in [-0.15, -0.1) is 11.3 Å². The van der Waals surface area contributed by atoms with Crippen LogP contribution in [-0.2, 0) is 30.0 Å². The second-order valence-corrected chi connectivity index (χ2v) is 15.6. The Balaban J connectivity index is 1.40. The third-order valence-electron chi connectivity index (χ3n) is 9.27. The van der Waals surface area contributed by atoms with Crippen molar-refractivity contribution in [1.82, 2.24) is 15.1 Å². The average molecular weight is 716 g/mol. The van der Waals surface area contributed by atoms with Crippen LogP contribution in [0.25, 0.3) is 10.1 Å². The third kappa shape index (κ3) is 6.96. The van der Waals surface area contributed by atoms with Crippen LogP contribution < -0.4 is 10.2 Å². The Bertz CT molecular complexity index is 1900. The molecule has 0 spiro atoms. The Kier molecular flexibility index (Phi) is 9.75. The molecule has 2 saturated heterocycles. The zero-order valence-corrected chi connectivity index (χ0v) is 28.9. The fraction of sp³-hybridized carbons (Fsp3) is 0.424. The minimum absolute atomic E-state index is 0.0456. The summed E-state index contributed by atoms with van der Waals surface area (Å²) in [6.07, 6.45) is 1.32. The topological polar surface area (TPSA) is 171 Å². The molecule has 2 aromatic carbocycles. The number of anilines is 1. The van der Waals surface area contributed by atoms with Crippen LogP contribution in [0.4, 0.5) is 14.5 Å². The van der Waals surface area contributed by atoms with Crippen LogP contribution in [0.2, 0.25) is 0 Å². The minimum atomic E-state index is -5.81. The molecule has 0 radical (unpaired) electrons. The van der Waals surface area contributed by atoms with Crippen molar-refractivity contribution in [2.24, 2.45) is 0 Å². The molecule has 2 aliphatic rings. The maximum Gasteiger partial charge on any atom is 0.399 e. The van der Waals surface area contributed by atoms with Crippen LogP contribution in [0.15, 0.2) is 48.5 Å². The molecule has 3 aromatic rings. The number of nitriles is 1. The molecule has 2 fully saturated rings. The first-order chi connectivity index (χ1) is 22.9. The van der Waals surface area contributed by atoms with Gasteiger partial charge in [-0.3, -0.25) is 23.7 Å². The molecular formula is C33H36F2N5O7PS. The second kappa shape index (κ2) is 13.2. The van der Waals surface area contributed by atoms with Gasteiger partial charge in [0.2, 0.25) is 17.7 Å². The summed E-state index contributed by atoms with van der Waals surface area (Å²) < 4.78 is 40.5. The van der Waals surface area contributed by atoms with Crippen LogP contribution in [-0.4, -0.2) is 81.5 Å². The summed E-state index contributed by atoms with van der Waals surface area (Å²) in [7, 11) is -4.20. The van der Waals surface area contributed by atoms with Crippen molar-refractivity contribution < 1.29 is 42.3 Å². The Labute approximate surface area is 285 Å². The first-order valence-electron chi connectivity index (χ1n) is 15.5. The molecule has 3 heterocycles. The average Bonchev–Trinajstić information content (AvgIpc) is 3.67. The summed E-state index contributed by atoms with van der Waals surface area (Å²) in [4.78, 5) is 76.8. The molecule has 1 aromatic heterocycles. The Morgan fingerprint density at radius 3 is 2.33 bits per heavy atom. The molecule has 16 heteroatoms. The van der Waals surface area contributed by atoms with Crippen molar-refractivity contribution in [2.75, 3.05) is 25.0 Å². The SMILES string of the molecule is CC(=O)N1CC[C@H]2CC[C@@H](C(=O)N(C)c3ccc(C(C)(C)C#N)cc3)N2C(=O)[C@@H](NC(=O)c2cc3cc(C(F)(F)P(=O)(O)O)ccc3s2)C1. The Morgan fingerprint density at radius 2 is 1.71 bits per heavy atom. The summed E-state index contributed by atoms with van der Waals surface area (Å²) in [5.41, 5.74) is -4.70. The van der Waals surface area contributed by atoms with E-state index in [0.29, 0.717) is 36.2 Å². The van der Waals surface area contributed by atoms with Crippen LogP contribution in [0.5, 0.6) is 0 Å². The number of alkyl halides is 2. The highest BCUT2D eigenvalue weighted by atomic mass is 32.1. The lowest BCUT2D eigenvalue weighted by Crippen LogP contribution is -2.61. The number of carbonyl (C=O) groups excluding carboxylic acids is 4. The standard InChI is InChI=1S/C33H36F2N5O7PS/c1-19(41)39-14-13-24-10-11-26(31(44)38(4)23-8-5-21(6-9-23)32(2,3)18-36)40(24)30(43)25(17-39)37-29(42)28-16-20-15-22(7-12-27(20)49-28)33(34,35)48(45,46)47/h5-9,12,15-16,24-26H,10-11,13-14,17H2,1-4H3,(H,37,42)(H2,45,46,47)/t24-,25+,26+/m1/s1. The summed E-state index contributed by atoms with van der Waals surface area (Å²) in [5, 5.41) is 12.3. The van der Waals surface area contributed by atoms with E-state index in [4.69, 9.17) is 9.79 Å². The monoisotopic (exact) mass is 715 g/mol. The lowest BCUT2D eigenvalue weighted by molar-refractivity contribution is -0.144. The number of likely N-dealkylation sites (N-methyl/N-ethyl adjacent to an activating group) is 1. The quantitative estimate of drug-likeness (QED) is 0.304. The first-order valence-corrected chi connectivity index (χ1v) is 17.9. The highest BCUT2D eigenvalue weighted by Crippen LogP contribution is 2.59. The third-order valence-corrected chi connectivity index (χ3v) is 11.4. The van der Waals surface area contributed by atoms with Crippen LogP contribution in [0.3, 0.4) is 0 Å². The fourth-order valence-electron chi connectivity index (χ4n) is 6.27. The van der Waals surface area contributed by atoms with Gasteiger partial charge in [-0.25, -0.2) is 0 Å². The lowest BCUT2D eigenvalue weighted by atomic mass is 9.86. The maximum absolute atomic E-state index is 14.3. The second-order valence-electron chi connectivity index (χ2n) is 12.9. The molecule has 49 heavy (non-hydrogen) atoms. The van der Waals surface area contributed by atoms with Gasteiger partial charge in [0.1, 0.15) is 12.1 Å². The molecule has 3 atom stereocenters. The van der Waals surface area contributed by atoms with Crippen molar-refractivity contribution in [3.05, 3.63) is 64.5 Å². The molecule has 0 aliphatic carbocycles. The molecule has 4 amide bonds. The summed E-state index contributed by atoms with van der Waals surface area (Å²) in [6.45, 7) is 5.08. The zero-order valence-electron chi connectivity index (χ0n) is 27.2. The number of hydrogen-bond donors (Lipinski definition) is 3. The molecule has 260 valence electrons. The number of rotatable bonds is 7. The van der Waals surface area contributed by atoms with Crippen molar-refractivity contribution in [1.29, 1.82) is 5.26 Å². The van der Waals surface area contributed by atoms with Gasteiger partial charge in [-0.1, -0.05) is 18.2 Å². The Morgan fingerprint density at radius 1 is 1.06 bits per heavy atom. The maximum atomic E-state index is 14.3. The van der Waals surface area contributed by atoms with Gasteiger partial charge in [0.15, 0.2) is 0 Å². The van der Waals surface area contributed by atoms with Gasteiger partial charge in [0, 0.05) is 49.1 Å². The van der Waals surface area contributed by atoms with E-state index >= 15 is 0 Å². The molecular weight excluding hydrogens is 679 g/mol. The van der Waals surface area contributed by atoms with Gasteiger partial charge in [0.25, 0.3) is 5.91 Å². The van der Waals surface area contributed by atoms with Crippen molar-refractivity contribution in [3.63, 3.8) is 0 Å². The number of nitrogens with one attached hydrogen (secondary N) is 1. The number of amides is 4. The molecule has 0 unspecified atom stereocenters. The highest BCUT2D eigenvalue weighted by molar-refractivity contribution is 7.52. The summed E-state index contributed by atoms with van der Waals surface area (Å²) in [5.74, 6) is -1.88. The van der Waals surface area contributed by atoms with Gasteiger partial charge >= 0.3 is 13.3 Å². The van der Waals surface area contributed by atoms with E-state index in [1.54, 1.807) is 45.2 Å². The normalized spacial score (nSPS) is 20.3. The number of carbonyl (C=O) groups is 4. The predicted octanol–water partition coefficient (Wildman–Crippen LogP) is 4.30. The Hall–Kier alpha value is -4.22. The molecule has 12 nitrogen and oxygen atoms in total. The smallest absolute Gasteiger partial charge is 0.340 e. The number of nitrogens with zero attached hydrogens (tertiary/aromatic N) is 4. The number of fused-ring (bicyclic) bond motifs is 2. The molecule has 0 saturated carbocycles. The van der Waals surface area contributed by atoms with Crippen molar-refractivity contribution in [2.45, 2.75) is 69.2 Å². The molecule has 2 aliphatic heterocycles. The fourth-order valence-corrected chi connectivity index (χ4v) is 7.69. The molecule has 5 rings (SSSR count). The van der Waals surface area contributed by atoms with E-state index in [1.165, 1.54) is 33.8 Å². The molecule has 0 bridgehead atoms. The van der Waals surface area contributed by atoms with E-state index in [9.17, 15) is 37.8 Å². The van der Waals surface area contributed by atoms with Gasteiger partial charge < -0.3 is 29.8 Å². The number of hydrogen-bond acceptors (Lipinski definition) is 7. The van der Waals surface area contributed by atoms with Gasteiger partial charge in [-0.05, 0) is 74.4 Å². The minimum Gasteiger partial charge on any atom is -0.340 e. The van der Waals surface area contributed by atoms with Crippen LogP contribution in [0, 0.1) is 11.3 Å². The summed E-state index contributed by atoms with van der Waals surface area (Å²) >= 11 is 0.934. The van der Waals surface area contributed by atoms with Gasteiger partial charge in [-0.2, -0.15) is 14.0 Å². The van der Waals surface area contributed by atoms with E-state index in [0.717, 1.165) is 29.0 Å². The van der Waals surface area contributed by atoms with Crippen molar-refractivity contribution >= 4 is 58.3 Å². The zero-order chi connectivity index (χ0) is 36.1. The number of benzene rings is 2. The highest BCUT2D eigenvalue weighted by Gasteiger charge is 2.50. The number of halogens is 2. The lowest BCUT2D eigenvalue weighted by Gasteiger charge is -2.39. The van der Waals surface area contributed by atoms with E-state index in [1.807, 2.05) is 0 Å². The first kappa shape index (κ1) is 36.1. The molecule has 3 N–H and O–H groups in total. The van der Waals surface area contributed by atoms with E-state index < -0.39 is 48.1 Å². The summed E-state index contributed by atoms with van der Waals surface area (Å²) in [6, 6.07) is 11.1.